The van der Waals surface area contributed by atoms with E-state index in [-0.39, 0.29) is 16.3 Å². The lowest BCUT2D eigenvalue weighted by molar-refractivity contribution is -0.115. The first-order valence-electron chi connectivity index (χ1n) is 6.20. The normalized spacial score (nSPS) is 12.2. The summed E-state index contributed by atoms with van der Waals surface area (Å²) < 4.78 is 1.59. The molecule has 0 bridgehead atoms. The third-order valence-electron chi connectivity index (χ3n) is 2.62. The summed E-state index contributed by atoms with van der Waals surface area (Å²) in [7, 11) is 0. The van der Waals surface area contributed by atoms with Crippen molar-refractivity contribution in [3.05, 3.63) is 35.9 Å². The first-order chi connectivity index (χ1) is 9.61. The van der Waals surface area contributed by atoms with Crippen molar-refractivity contribution in [3.63, 3.8) is 0 Å². The van der Waals surface area contributed by atoms with Crippen molar-refractivity contribution in [2.45, 2.75) is 19.1 Å². The minimum Gasteiger partial charge on any atom is -0.321 e. The molecule has 0 aliphatic heterocycles. The molecule has 0 saturated carbocycles. The zero-order chi connectivity index (χ0) is 14.5. The summed E-state index contributed by atoms with van der Waals surface area (Å²) >= 11 is 7.62. The van der Waals surface area contributed by atoms with Crippen molar-refractivity contribution in [1.82, 2.24) is 14.8 Å². The van der Waals surface area contributed by atoms with E-state index in [1.54, 1.807) is 35.0 Å². The van der Waals surface area contributed by atoms with Crippen LogP contribution in [0.4, 0.5) is 5.69 Å². The Kier molecular flexibility index (Phi) is 5.03. The SMILES string of the molecule is CCS[C@H](C)C(=O)Nc1cn(-c2cccnc2)nc1Cl. The van der Waals surface area contributed by atoms with Crippen LogP contribution in [0.1, 0.15) is 13.8 Å². The second kappa shape index (κ2) is 6.76. The highest BCUT2D eigenvalue weighted by molar-refractivity contribution is 8.00. The van der Waals surface area contributed by atoms with Crippen LogP contribution in [-0.4, -0.2) is 31.7 Å². The molecular weight excluding hydrogens is 296 g/mol. The molecule has 5 nitrogen and oxygen atoms in total. The van der Waals surface area contributed by atoms with Crippen LogP contribution >= 0.6 is 23.4 Å². The largest absolute Gasteiger partial charge is 0.321 e. The van der Waals surface area contributed by atoms with Gasteiger partial charge in [0.25, 0.3) is 0 Å². The summed E-state index contributed by atoms with van der Waals surface area (Å²) in [6, 6.07) is 3.67. The summed E-state index contributed by atoms with van der Waals surface area (Å²) in [5, 5.41) is 7.08. The highest BCUT2D eigenvalue weighted by atomic mass is 35.5. The quantitative estimate of drug-likeness (QED) is 0.922. The van der Waals surface area contributed by atoms with Gasteiger partial charge < -0.3 is 5.32 Å². The van der Waals surface area contributed by atoms with Crippen molar-refractivity contribution in [1.29, 1.82) is 0 Å². The first-order valence-corrected chi connectivity index (χ1v) is 7.62. The molecule has 20 heavy (non-hydrogen) atoms. The Balaban J connectivity index is 2.14. The topological polar surface area (TPSA) is 59.8 Å². The van der Waals surface area contributed by atoms with Gasteiger partial charge in [-0.1, -0.05) is 18.5 Å². The van der Waals surface area contributed by atoms with Crippen LogP contribution in [0.2, 0.25) is 5.15 Å². The Morgan fingerprint density at radius 2 is 2.40 bits per heavy atom. The van der Waals surface area contributed by atoms with Gasteiger partial charge in [0.1, 0.15) is 0 Å². The van der Waals surface area contributed by atoms with Gasteiger partial charge in [0, 0.05) is 6.20 Å². The molecule has 2 aromatic heterocycles. The molecule has 1 amide bonds. The molecule has 0 spiro atoms. The van der Waals surface area contributed by atoms with Crippen LogP contribution < -0.4 is 5.32 Å². The fraction of sp³-hybridized carbons (Fsp3) is 0.308. The van der Waals surface area contributed by atoms with Gasteiger partial charge in [-0.25, -0.2) is 4.68 Å². The smallest absolute Gasteiger partial charge is 0.237 e. The van der Waals surface area contributed by atoms with E-state index in [2.05, 4.69) is 15.4 Å². The predicted octanol–water partition coefficient (Wildman–Crippen LogP) is 3.00. The molecule has 1 N–H and O–H groups in total. The van der Waals surface area contributed by atoms with Gasteiger partial charge in [0.05, 0.1) is 29.0 Å². The number of nitrogens with one attached hydrogen (secondary N) is 1. The van der Waals surface area contributed by atoms with E-state index < -0.39 is 0 Å². The Labute approximate surface area is 126 Å². The monoisotopic (exact) mass is 310 g/mol. The number of carbonyl (C=O) groups is 1. The minimum absolute atomic E-state index is 0.0792. The molecule has 7 heteroatoms. The molecule has 2 heterocycles. The maximum absolute atomic E-state index is 12.0. The van der Waals surface area contributed by atoms with Crippen LogP contribution in [0.3, 0.4) is 0 Å². The molecule has 0 fully saturated rings. The predicted molar refractivity (Wildman–Crippen MR) is 82.6 cm³/mol. The molecule has 0 unspecified atom stereocenters. The molecule has 1 atom stereocenters. The van der Waals surface area contributed by atoms with E-state index in [9.17, 15) is 4.79 Å². The number of hydrogen-bond donors (Lipinski definition) is 1. The lowest BCUT2D eigenvalue weighted by atomic mass is 10.4. The standard InChI is InChI=1S/C13H15ClN4OS/c1-3-20-9(2)13(19)16-11-8-18(17-12(11)14)10-5-4-6-15-7-10/h4-9H,3H2,1-2H3,(H,16,19)/t9-/m1/s1. The van der Waals surface area contributed by atoms with Crippen molar-refractivity contribution in [3.8, 4) is 5.69 Å². The Bertz CT molecular complexity index is 587. The number of pyridine rings is 1. The first kappa shape index (κ1) is 14.9. The number of carbonyl (C=O) groups excluding carboxylic acids is 1. The second-order valence-electron chi connectivity index (χ2n) is 4.08. The van der Waals surface area contributed by atoms with Gasteiger partial charge in [0.2, 0.25) is 5.91 Å². The molecule has 2 rings (SSSR count). The van der Waals surface area contributed by atoms with E-state index in [0.29, 0.717) is 5.69 Å². The maximum Gasteiger partial charge on any atom is 0.237 e. The van der Waals surface area contributed by atoms with Gasteiger partial charge in [-0.2, -0.15) is 5.10 Å². The Hall–Kier alpha value is -1.53. The van der Waals surface area contributed by atoms with Crippen LogP contribution in [0.25, 0.3) is 5.69 Å². The van der Waals surface area contributed by atoms with E-state index in [1.807, 2.05) is 26.0 Å². The number of aromatic nitrogens is 3. The minimum atomic E-state index is -0.127. The molecule has 106 valence electrons. The van der Waals surface area contributed by atoms with Gasteiger partial charge in [-0.3, -0.25) is 9.78 Å². The molecule has 0 aliphatic carbocycles. The highest BCUT2D eigenvalue weighted by Gasteiger charge is 2.16. The van der Waals surface area contributed by atoms with E-state index in [4.69, 9.17) is 11.6 Å². The van der Waals surface area contributed by atoms with Crippen LogP contribution in [0.15, 0.2) is 30.7 Å². The number of amides is 1. The van der Waals surface area contributed by atoms with Gasteiger partial charge in [-0.05, 0) is 24.8 Å². The van der Waals surface area contributed by atoms with E-state index in [1.165, 1.54) is 0 Å². The fourth-order valence-corrected chi connectivity index (χ4v) is 2.51. The van der Waals surface area contributed by atoms with E-state index in [0.717, 1.165) is 11.4 Å². The molecule has 0 saturated heterocycles. The lowest BCUT2D eigenvalue weighted by Crippen LogP contribution is -2.22. The molecule has 0 aromatic carbocycles. The summed E-state index contributed by atoms with van der Waals surface area (Å²) in [5.74, 6) is 0.807. The van der Waals surface area contributed by atoms with Crippen molar-refractivity contribution in [2.24, 2.45) is 0 Å². The zero-order valence-electron chi connectivity index (χ0n) is 11.2. The lowest BCUT2D eigenvalue weighted by Gasteiger charge is -2.09. The van der Waals surface area contributed by atoms with E-state index >= 15 is 0 Å². The number of thioether (sulfide) groups is 1. The molecule has 0 aliphatic rings. The highest BCUT2D eigenvalue weighted by Crippen LogP contribution is 2.23. The number of nitrogens with zero attached hydrogens (tertiary/aromatic N) is 3. The third kappa shape index (κ3) is 3.52. The number of halogens is 1. The van der Waals surface area contributed by atoms with Crippen LogP contribution in [0.5, 0.6) is 0 Å². The molecule has 2 aromatic rings. The van der Waals surface area contributed by atoms with Gasteiger partial charge in [0.15, 0.2) is 5.15 Å². The number of rotatable bonds is 5. The number of hydrogen-bond acceptors (Lipinski definition) is 4. The second-order valence-corrected chi connectivity index (χ2v) is 6.05. The van der Waals surface area contributed by atoms with Crippen molar-refractivity contribution >= 4 is 35.0 Å². The number of anilines is 1. The maximum atomic E-state index is 12.0. The summed E-state index contributed by atoms with van der Waals surface area (Å²) in [4.78, 5) is 16.0. The van der Waals surface area contributed by atoms with Crippen LogP contribution in [0, 0.1) is 0 Å². The summed E-state index contributed by atoms with van der Waals surface area (Å²) in [6.07, 6.45) is 5.03. The fourth-order valence-electron chi connectivity index (χ4n) is 1.62. The Morgan fingerprint density at radius 3 is 3.05 bits per heavy atom. The van der Waals surface area contributed by atoms with Crippen molar-refractivity contribution < 1.29 is 4.79 Å². The summed E-state index contributed by atoms with van der Waals surface area (Å²) in [5.41, 5.74) is 1.29. The van der Waals surface area contributed by atoms with Gasteiger partial charge in [-0.15, -0.1) is 11.8 Å². The Morgan fingerprint density at radius 1 is 1.60 bits per heavy atom. The van der Waals surface area contributed by atoms with Gasteiger partial charge >= 0.3 is 0 Å². The molecular formula is C13H15ClN4OS. The average Bonchev–Trinajstić information content (AvgIpc) is 2.81. The average molecular weight is 311 g/mol. The van der Waals surface area contributed by atoms with Crippen LogP contribution in [-0.2, 0) is 4.79 Å². The molecule has 0 radical (unpaired) electrons. The third-order valence-corrected chi connectivity index (χ3v) is 3.95. The zero-order valence-corrected chi connectivity index (χ0v) is 12.8. The summed E-state index contributed by atoms with van der Waals surface area (Å²) in [6.45, 7) is 3.88. The van der Waals surface area contributed by atoms with Crippen molar-refractivity contribution in [2.75, 3.05) is 11.1 Å².